The van der Waals surface area contributed by atoms with Crippen LogP contribution in [0.1, 0.15) is 73.1 Å². The number of hydrogen-bond donors (Lipinski definition) is 11. The van der Waals surface area contributed by atoms with Crippen molar-refractivity contribution in [3.8, 4) is 0 Å². The summed E-state index contributed by atoms with van der Waals surface area (Å²) in [6, 6.07) is 0. The second-order valence-corrected chi connectivity index (χ2v) is 21.2. The van der Waals surface area contributed by atoms with E-state index in [1.165, 1.54) is 14.2 Å². The maximum Gasteiger partial charge on any atom is 0.186 e. The number of allylic oxidation sites excluding steroid dienone is 2. The van der Waals surface area contributed by atoms with Gasteiger partial charge in [0.15, 0.2) is 18.9 Å². The van der Waals surface area contributed by atoms with Gasteiger partial charge in [0.05, 0.1) is 62.5 Å². The molecule has 0 bridgehead atoms. The molecule has 19 heteroatoms. The Morgan fingerprint density at radius 2 is 1.22 bits per heavy atom. The van der Waals surface area contributed by atoms with Gasteiger partial charge in [0.2, 0.25) is 0 Å². The summed E-state index contributed by atoms with van der Waals surface area (Å²) in [4.78, 5) is 0. The van der Waals surface area contributed by atoms with Crippen LogP contribution in [-0.4, -0.2) is 207 Å². The maximum absolute atomic E-state index is 12.7. The van der Waals surface area contributed by atoms with Crippen molar-refractivity contribution in [1.29, 1.82) is 0 Å². The van der Waals surface area contributed by atoms with Crippen LogP contribution in [0.5, 0.6) is 0 Å². The van der Waals surface area contributed by atoms with Crippen molar-refractivity contribution in [3.63, 3.8) is 0 Å². The SMILES string of the molecule is CO[C@@H]1[C@@H](O)[C@H](O[C@@H]2CO[C@@H](O[C@@H]3CO[C@@H](OCC[C@@H](/C=C/[C@@H](C)[C@H]4[C@@H](O)[C@@H](O)C5[C@]6(O)C[C@H](O)C7[C@@H](O)[C@@H](O)CC[C@]7(C)C6CC[C@@]54C)C(C)C)[C@H](O)[C@H]3O)[C@H](O)[C@H]2OC)OC[C@H]1O. The maximum atomic E-state index is 12.7. The Morgan fingerprint density at radius 1 is 0.615 bits per heavy atom. The molecular formula is C46H78O19. The molecule has 7 rings (SSSR count). The number of fused-ring (bicyclic) bond motifs is 5. The van der Waals surface area contributed by atoms with E-state index in [1.807, 2.05) is 20.8 Å². The zero-order valence-corrected chi connectivity index (χ0v) is 38.8. The normalized spacial score (nSPS) is 52.5. The molecular weight excluding hydrogens is 856 g/mol. The smallest absolute Gasteiger partial charge is 0.186 e. The third-order valence-electron chi connectivity index (χ3n) is 17.1. The Labute approximate surface area is 381 Å². The summed E-state index contributed by atoms with van der Waals surface area (Å²) >= 11 is 0. The summed E-state index contributed by atoms with van der Waals surface area (Å²) in [5, 5.41) is 123. The number of aliphatic hydroxyl groups is 11. The zero-order valence-electron chi connectivity index (χ0n) is 38.8. The van der Waals surface area contributed by atoms with Crippen molar-refractivity contribution >= 4 is 0 Å². The van der Waals surface area contributed by atoms with Crippen LogP contribution in [0.4, 0.5) is 0 Å². The summed E-state index contributed by atoms with van der Waals surface area (Å²) in [5.74, 6) is -2.12. The highest BCUT2D eigenvalue weighted by molar-refractivity contribution is 5.23. The van der Waals surface area contributed by atoms with Crippen LogP contribution in [0.3, 0.4) is 0 Å². The Morgan fingerprint density at radius 3 is 1.88 bits per heavy atom. The highest BCUT2D eigenvalue weighted by Gasteiger charge is 2.73. The fourth-order valence-corrected chi connectivity index (χ4v) is 13.8. The minimum Gasteiger partial charge on any atom is -0.393 e. The first-order chi connectivity index (χ1) is 30.6. The van der Waals surface area contributed by atoms with Gasteiger partial charge < -0.3 is 94.1 Å². The van der Waals surface area contributed by atoms with Crippen LogP contribution >= 0.6 is 0 Å². The van der Waals surface area contributed by atoms with Gasteiger partial charge in [-0.15, -0.1) is 0 Å². The van der Waals surface area contributed by atoms with Crippen LogP contribution in [0.2, 0.25) is 0 Å². The van der Waals surface area contributed by atoms with Gasteiger partial charge in [-0.1, -0.05) is 46.8 Å². The quantitative estimate of drug-likeness (QED) is 0.0889. The van der Waals surface area contributed by atoms with Gasteiger partial charge in [-0.2, -0.15) is 0 Å². The highest BCUT2D eigenvalue weighted by atomic mass is 16.8. The van der Waals surface area contributed by atoms with Gasteiger partial charge in [0.25, 0.3) is 0 Å². The van der Waals surface area contributed by atoms with Crippen LogP contribution in [0.15, 0.2) is 12.2 Å². The molecule has 3 saturated heterocycles. The van der Waals surface area contributed by atoms with Gasteiger partial charge in [-0.05, 0) is 72.5 Å². The summed E-state index contributed by atoms with van der Waals surface area (Å²) < 4.78 is 45.4. The first-order valence-corrected chi connectivity index (χ1v) is 23.7. The fraction of sp³-hybridized carbons (Fsp3) is 0.957. The lowest BCUT2D eigenvalue weighted by Crippen LogP contribution is -2.71. The van der Waals surface area contributed by atoms with Crippen LogP contribution in [0.25, 0.3) is 0 Å². The van der Waals surface area contributed by atoms with Gasteiger partial charge >= 0.3 is 0 Å². The van der Waals surface area contributed by atoms with E-state index in [4.69, 9.17) is 37.9 Å². The van der Waals surface area contributed by atoms with Crippen molar-refractivity contribution in [1.82, 2.24) is 0 Å². The number of aliphatic hydroxyl groups excluding tert-OH is 10. The molecule has 19 nitrogen and oxygen atoms in total. The van der Waals surface area contributed by atoms with E-state index in [1.54, 1.807) is 0 Å². The molecule has 3 heterocycles. The molecule has 376 valence electrons. The predicted molar refractivity (Wildman–Crippen MR) is 226 cm³/mol. The topological polar surface area (TPSA) is 296 Å². The van der Waals surface area contributed by atoms with E-state index in [0.29, 0.717) is 32.1 Å². The largest absolute Gasteiger partial charge is 0.393 e. The molecule has 7 fully saturated rings. The Balaban J connectivity index is 0.914. The molecule has 0 radical (unpaired) electrons. The molecule has 3 aliphatic heterocycles. The minimum atomic E-state index is -1.51. The predicted octanol–water partition coefficient (Wildman–Crippen LogP) is -1.45. The van der Waals surface area contributed by atoms with Gasteiger partial charge in [0, 0.05) is 32.5 Å². The average molecular weight is 935 g/mol. The van der Waals surface area contributed by atoms with E-state index in [0.717, 1.165) is 0 Å². The van der Waals surface area contributed by atoms with Crippen LogP contribution in [0, 0.1) is 52.3 Å². The molecule has 0 aromatic heterocycles. The van der Waals surface area contributed by atoms with Crippen molar-refractivity contribution in [3.05, 3.63) is 12.2 Å². The van der Waals surface area contributed by atoms with E-state index in [2.05, 4.69) is 26.0 Å². The average Bonchev–Trinajstić information content (AvgIpc) is 3.46. The molecule has 0 spiro atoms. The monoisotopic (exact) mass is 935 g/mol. The molecule has 4 saturated carbocycles. The van der Waals surface area contributed by atoms with Gasteiger partial charge in [-0.3, -0.25) is 0 Å². The van der Waals surface area contributed by atoms with Crippen molar-refractivity contribution in [2.24, 2.45) is 52.3 Å². The van der Waals surface area contributed by atoms with Crippen LogP contribution < -0.4 is 0 Å². The number of ether oxygens (including phenoxy) is 8. The lowest BCUT2D eigenvalue weighted by molar-refractivity contribution is -0.351. The van der Waals surface area contributed by atoms with Crippen LogP contribution in [-0.2, 0) is 37.9 Å². The number of rotatable bonds is 14. The molecule has 0 amide bonds. The molecule has 65 heavy (non-hydrogen) atoms. The standard InChI is InChI=1S/C46H78O19/c1-20(2)22(9-8-21(3)29-33(52)34(53)40-45(29,5)14-11-28-44(4)13-10-23(47)31(50)30(44)24(48)16-46(28,40)57)12-15-60-41-35(54)32(51)26(18-62-41)64-43-37(56)39(59-7)27(19-63-43)65-42-36(55)38(58-6)25(49)17-61-42/h8-9,20-43,47-57H,10-19H2,1-7H3/b9-8+/t21-,22-,23+,24+,25-,26-,27-,28?,29+,30?,31+,32+,33-,34-,35-,36-,37-,38+,39+,40?,41-,42+,43+,44-,45-,46+/m1/s1. The summed E-state index contributed by atoms with van der Waals surface area (Å²) in [6.45, 7) is 9.83. The summed E-state index contributed by atoms with van der Waals surface area (Å²) in [7, 11) is 2.69. The first kappa shape index (κ1) is 51.8. The minimum absolute atomic E-state index is 0.00273. The lowest BCUT2D eigenvalue weighted by atomic mass is 9.41. The molecule has 11 N–H and O–H groups in total. The van der Waals surface area contributed by atoms with Crippen molar-refractivity contribution in [2.45, 2.75) is 183 Å². The Hall–Kier alpha value is -1.02. The zero-order chi connectivity index (χ0) is 47.5. The molecule has 0 aromatic carbocycles. The van der Waals surface area contributed by atoms with Gasteiger partial charge in [-0.25, -0.2) is 0 Å². The Bertz CT molecular complexity index is 1590. The van der Waals surface area contributed by atoms with E-state index >= 15 is 0 Å². The second kappa shape index (κ2) is 20.4. The van der Waals surface area contributed by atoms with Crippen molar-refractivity contribution < 1.29 is 94.1 Å². The molecule has 3 unspecified atom stereocenters. The summed E-state index contributed by atoms with van der Waals surface area (Å²) in [5.41, 5.74) is -2.82. The molecule has 26 atom stereocenters. The number of hydrogen-bond acceptors (Lipinski definition) is 19. The molecule has 7 aliphatic rings. The highest BCUT2D eigenvalue weighted by Crippen LogP contribution is 2.69. The van der Waals surface area contributed by atoms with Gasteiger partial charge in [0.1, 0.15) is 54.9 Å². The first-order valence-electron chi connectivity index (χ1n) is 23.7. The summed E-state index contributed by atoms with van der Waals surface area (Å²) in [6.07, 6.45) is -13.3. The molecule has 0 aromatic rings. The Kier molecular flexibility index (Phi) is 16.2. The van der Waals surface area contributed by atoms with Crippen molar-refractivity contribution in [2.75, 3.05) is 40.6 Å². The fourth-order valence-electron chi connectivity index (χ4n) is 13.8. The second-order valence-electron chi connectivity index (χ2n) is 21.2. The number of methoxy groups -OCH3 is 2. The van der Waals surface area contributed by atoms with E-state index in [9.17, 15) is 56.2 Å². The molecule has 4 aliphatic carbocycles. The third-order valence-corrected chi connectivity index (χ3v) is 17.1. The van der Waals surface area contributed by atoms with E-state index < -0.39 is 139 Å². The van der Waals surface area contributed by atoms with E-state index in [-0.39, 0.29) is 56.5 Å². The third kappa shape index (κ3) is 9.38. The lowest BCUT2D eigenvalue weighted by Gasteiger charge is -2.66.